The fourth-order valence-electron chi connectivity index (χ4n) is 2.93. The molecule has 144 valence electrons. The van der Waals surface area contributed by atoms with E-state index in [9.17, 15) is 4.79 Å². The number of amides is 1. The number of rotatable bonds is 6. The van der Waals surface area contributed by atoms with Gasteiger partial charge in [0, 0.05) is 16.8 Å². The van der Waals surface area contributed by atoms with Gasteiger partial charge in [-0.05, 0) is 18.6 Å². The maximum absolute atomic E-state index is 12.8. The Morgan fingerprint density at radius 2 is 1.52 bits per heavy atom. The maximum Gasteiger partial charge on any atom is 0.237 e. The van der Waals surface area contributed by atoms with Gasteiger partial charge in [-0.2, -0.15) is 0 Å². The van der Waals surface area contributed by atoms with Crippen LogP contribution < -0.4 is 5.32 Å². The number of aromatic amines is 1. The van der Waals surface area contributed by atoms with Crippen LogP contribution in [0.1, 0.15) is 6.92 Å². The van der Waals surface area contributed by atoms with Gasteiger partial charge in [0.1, 0.15) is 0 Å². The van der Waals surface area contributed by atoms with E-state index in [4.69, 9.17) is 0 Å². The number of carbonyl (C=O) groups excluding carboxylic acids is 1. The number of aromatic nitrogens is 3. The zero-order valence-corrected chi connectivity index (χ0v) is 16.7. The number of H-pyrrole nitrogens is 1. The zero-order chi connectivity index (χ0) is 20.1. The fourth-order valence-corrected chi connectivity index (χ4v) is 3.66. The van der Waals surface area contributed by atoms with E-state index in [0.29, 0.717) is 11.0 Å². The highest BCUT2D eigenvalue weighted by Gasteiger charge is 2.19. The molecule has 1 heterocycles. The topological polar surface area (TPSA) is 70.7 Å². The van der Waals surface area contributed by atoms with Crippen LogP contribution in [0.25, 0.3) is 22.5 Å². The predicted molar refractivity (Wildman–Crippen MR) is 118 cm³/mol. The first-order valence-electron chi connectivity index (χ1n) is 9.30. The molecule has 1 aromatic heterocycles. The van der Waals surface area contributed by atoms with Gasteiger partial charge in [0.05, 0.1) is 5.25 Å². The minimum atomic E-state index is -0.349. The van der Waals surface area contributed by atoms with Crippen molar-refractivity contribution in [3.63, 3.8) is 0 Å². The molecule has 29 heavy (non-hydrogen) atoms. The predicted octanol–water partition coefficient (Wildman–Crippen LogP) is 5.26. The molecule has 0 unspecified atom stereocenters. The Hall–Kier alpha value is -3.38. The molecule has 0 fully saturated rings. The lowest BCUT2D eigenvalue weighted by Crippen LogP contribution is -2.22. The minimum Gasteiger partial charge on any atom is -0.325 e. The summed E-state index contributed by atoms with van der Waals surface area (Å²) >= 11 is 1.32. The molecular formula is C23H20N4OS. The number of carbonyl (C=O) groups is 1. The summed E-state index contributed by atoms with van der Waals surface area (Å²) in [4.78, 5) is 17.3. The van der Waals surface area contributed by atoms with Crippen LogP contribution in [0.2, 0.25) is 0 Å². The molecule has 0 aliphatic rings. The van der Waals surface area contributed by atoms with E-state index >= 15 is 0 Å². The van der Waals surface area contributed by atoms with Crippen LogP contribution in [-0.4, -0.2) is 26.3 Å². The van der Waals surface area contributed by atoms with E-state index in [1.807, 2.05) is 91.9 Å². The second kappa shape index (κ2) is 8.75. The van der Waals surface area contributed by atoms with Crippen LogP contribution in [0, 0.1) is 0 Å². The van der Waals surface area contributed by atoms with Gasteiger partial charge in [-0.3, -0.25) is 9.89 Å². The number of nitrogens with one attached hydrogen (secondary N) is 2. The zero-order valence-electron chi connectivity index (χ0n) is 15.9. The molecule has 3 aromatic carbocycles. The summed E-state index contributed by atoms with van der Waals surface area (Å²) in [5.41, 5.74) is 3.80. The number of benzene rings is 3. The molecule has 0 aliphatic carbocycles. The van der Waals surface area contributed by atoms with E-state index in [2.05, 4.69) is 20.5 Å². The van der Waals surface area contributed by atoms with Crippen molar-refractivity contribution in [2.45, 2.75) is 17.3 Å². The van der Waals surface area contributed by atoms with E-state index < -0.39 is 0 Å². The van der Waals surface area contributed by atoms with Crippen LogP contribution in [0.3, 0.4) is 0 Å². The number of para-hydroxylation sites is 1. The third-order valence-electron chi connectivity index (χ3n) is 4.43. The van der Waals surface area contributed by atoms with Crippen molar-refractivity contribution < 1.29 is 4.79 Å². The van der Waals surface area contributed by atoms with Gasteiger partial charge in [0.25, 0.3) is 0 Å². The smallest absolute Gasteiger partial charge is 0.237 e. The summed E-state index contributed by atoms with van der Waals surface area (Å²) in [5.74, 6) is 0.597. The number of hydrogen-bond acceptors (Lipinski definition) is 4. The molecule has 1 atom stereocenters. The lowest BCUT2D eigenvalue weighted by atomic mass is 10.0. The molecule has 0 bridgehead atoms. The Bertz CT molecular complexity index is 1100. The average molecular weight is 401 g/mol. The first-order chi connectivity index (χ1) is 14.2. The lowest BCUT2D eigenvalue weighted by molar-refractivity contribution is -0.115. The van der Waals surface area contributed by atoms with Crippen molar-refractivity contribution in [3.8, 4) is 22.5 Å². The second-order valence-corrected chi connectivity index (χ2v) is 7.80. The molecule has 4 aromatic rings. The molecule has 2 N–H and O–H groups in total. The SMILES string of the molecule is C[C@@H](Sc1n[nH]c(-c2ccccc2)n1)C(=O)Nc1ccccc1-c1ccccc1. The normalized spacial score (nSPS) is 11.8. The minimum absolute atomic E-state index is 0.0931. The van der Waals surface area contributed by atoms with Gasteiger partial charge < -0.3 is 5.32 Å². The Morgan fingerprint density at radius 1 is 0.897 bits per heavy atom. The molecule has 0 aliphatic heterocycles. The highest BCUT2D eigenvalue weighted by atomic mass is 32.2. The van der Waals surface area contributed by atoms with E-state index in [1.165, 1.54) is 11.8 Å². The van der Waals surface area contributed by atoms with Crippen LogP contribution in [0.5, 0.6) is 0 Å². The molecule has 0 saturated carbocycles. The first kappa shape index (κ1) is 19.0. The van der Waals surface area contributed by atoms with Crippen LogP contribution in [0.15, 0.2) is 90.1 Å². The largest absolute Gasteiger partial charge is 0.325 e. The Labute approximate surface area is 173 Å². The molecule has 0 spiro atoms. The van der Waals surface area contributed by atoms with Crippen molar-refractivity contribution in [2.24, 2.45) is 0 Å². The maximum atomic E-state index is 12.8. The van der Waals surface area contributed by atoms with Crippen molar-refractivity contribution in [2.75, 3.05) is 5.32 Å². The van der Waals surface area contributed by atoms with Gasteiger partial charge in [0.2, 0.25) is 11.1 Å². The second-order valence-electron chi connectivity index (χ2n) is 6.49. The highest BCUT2D eigenvalue weighted by molar-refractivity contribution is 8.00. The van der Waals surface area contributed by atoms with E-state index in [1.54, 1.807) is 0 Å². The number of anilines is 1. The molecule has 4 rings (SSSR count). The number of nitrogens with zero attached hydrogens (tertiary/aromatic N) is 2. The van der Waals surface area contributed by atoms with Crippen molar-refractivity contribution >= 4 is 23.4 Å². The van der Waals surface area contributed by atoms with Gasteiger partial charge in [0.15, 0.2) is 5.82 Å². The van der Waals surface area contributed by atoms with E-state index in [-0.39, 0.29) is 11.2 Å². The van der Waals surface area contributed by atoms with Crippen molar-refractivity contribution in [1.82, 2.24) is 15.2 Å². The average Bonchev–Trinajstić information content (AvgIpc) is 3.24. The standard InChI is InChI=1S/C23H20N4OS/c1-16(29-23-25-21(26-27-23)18-12-6-3-7-13-18)22(28)24-20-15-9-8-14-19(20)17-10-4-2-5-11-17/h2-16H,1H3,(H,24,28)(H,25,26,27)/t16-/m1/s1. The summed E-state index contributed by atoms with van der Waals surface area (Å²) in [6, 6.07) is 27.6. The third-order valence-corrected chi connectivity index (χ3v) is 5.39. The molecule has 0 radical (unpaired) electrons. The summed E-state index contributed by atoms with van der Waals surface area (Å²) in [5, 5.41) is 10.4. The third kappa shape index (κ3) is 4.55. The Balaban J connectivity index is 1.46. The number of thioether (sulfide) groups is 1. The van der Waals surface area contributed by atoms with Crippen LogP contribution in [0.4, 0.5) is 5.69 Å². The fraction of sp³-hybridized carbons (Fsp3) is 0.0870. The van der Waals surface area contributed by atoms with Gasteiger partial charge in [-0.1, -0.05) is 90.6 Å². The van der Waals surface area contributed by atoms with E-state index in [0.717, 1.165) is 22.4 Å². The highest BCUT2D eigenvalue weighted by Crippen LogP contribution is 2.29. The number of hydrogen-bond donors (Lipinski definition) is 2. The Morgan fingerprint density at radius 3 is 2.24 bits per heavy atom. The molecule has 1 amide bonds. The molecule has 0 saturated heterocycles. The molecule has 5 nitrogen and oxygen atoms in total. The van der Waals surface area contributed by atoms with Crippen LogP contribution in [-0.2, 0) is 4.79 Å². The monoisotopic (exact) mass is 400 g/mol. The van der Waals surface area contributed by atoms with Crippen molar-refractivity contribution in [1.29, 1.82) is 0 Å². The summed E-state index contributed by atoms with van der Waals surface area (Å²) < 4.78 is 0. The van der Waals surface area contributed by atoms with Crippen LogP contribution >= 0.6 is 11.8 Å². The quantitative estimate of drug-likeness (QED) is 0.433. The lowest BCUT2D eigenvalue weighted by Gasteiger charge is -2.14. The summed E-state index contributed by atoms with van der Waals surface area (Å²) in [6.07, 6.45) is 0. The van der Waals surface area contributed by atoms with Crippen molar-refractivity contribution in [3.05, 3.63) is 84.9 Å². The summed E-state index contributed by atoms with van der Waals surface area (Å²) in [7, 11) is 0. The van der Waals surface area contributed by atoms with Gasteiger partial charge in [-0.25, -0.2) is 4.98 Å². The Kier molecular flexibility index (Phi) is 5.72. The molecular weight excluding hydrogens is 380 g/mol. The summed E-state index contributed by atoms with van der Waals surface area (Å²) in [6.45, 7) is 1.85. The van der Waals surface area contributed by atoms with Gasteiger partial charge >= 0.3 is 0 Å². The molecule has 6 heteroatoms. The van der Waals surface area contributed by atoms with Gasteiger partial charge in [-0.15, -0.1) is 5.10 Å². The first-order valence-corrected chi connectivity index (χ1v) is 10.2.